The van der Waals surface area contributed by atoms with Crippen molar-refractivity contribution in [3.05, 3.63) is 29.3 Å². The van der Waals surface area contributed by atoms with Gasteiger partial charge in [0, 0.05) is 12.2 Å². The Balaban J connectivity index is 1.64. The normalized spacial score (nSPS) is 20.5. The molecule has 0 heterocycles. The fourth-order valence-electron chi connectivity index (χ4n) is 2.83. The van der Waals surface area contributed by atoms with E-state index < -0.39 is 0 Å². The molecule has 2 aliphatic rings. The van der Waals surface area contributed by atoms with Crippen LogP contribution in [0.5, 0.6) is 0 Å². The van der Waals surface area contributed by atoms with Crippen molar-refractivity contribution in [1.29, 1.82) is 0 Å². The Bertz CT molecular complexity index is 487. The summed E-state index contributed by atoms with van der Waals surface area (Å²) in [4.78, 5) is 12.1. The number of anilines is 1. The number of hydrogen-bond donors (Lipinski definition) is 2. The van der Waals surface area contributed by atoms with Gasteiger partial charge in [0.2, 0.25) is 0 Å². The molecular weight excluding hydrogens is 224 g/mol. The van der Waals surface area contributed by atoms with Crippen molar-refractivity contribution in [3.63, 3.8) is 0 Å². The number of carbonyl (C=O) groups excluding carboxylic acids is 1. The first-order chi connectivity index (χ1) is 8.61. The van der Waals surface area contributed by atoms with Crippen LogP contribution in [0.1, 0.15) is 41.6 Å². The van der Waals surface area contributed by atoms with Crippen LogP contribution in [-0.2, 0) is 0 Å². The molecule has 0 radical (unpaired) electrons. The smallest absolute Gasteiger partial charge is 0.253 e. The van der Waals surface area contributed by atoms with E-state index in [4.69, 9.17) is 5.73 Å². The summed E-state index contributed by atoms with van der Waals surface area (Å²) in [5.74, 6) is 0.840. The first-order valence-electron chi connectivity index (χ1n) is 6.75. The van der Waals surface area contributed by atoms with Crippen LogP contribution in [0.25, 0.3) is 0 Å². The van der Waals surface area contributed by atoms with Crippen molar-refractivity contribution in [2.24, 2.45) is 11.3 Å². The van der Waals surface area contributed by atoms with Crippen LogP contribution in [0.3, 0.4) is 0 Å². The van der Waals surface area contributed by atoms with Crippen LogP contribution in [0.15, 0.2) is 18.2 Å². The molecule has 1 amide bonds. The van der Waals surface area contributed by atoms with Gasteiger partial charge in [-0.05, 0) is 61.6 Å². The zero-order valence-corrected chi connectivity index (χ0v) is 10.8. The van der Waals surface area contributed by atoms with Gasteiger partial charge in [0.05, 0.1) is 5.56 Å². The summed E-state index contributed by atoms with van der Waals surface area (Å²) in [7, 11) is 0. The number of rotatable bonds is 4. The molecule has 2 saturated carbocycles. The van der Waals surface area contributed by atoms with E-state index in [0.29, 0.717) is 16.7 Å². The molecule has 0 atom stereocenters. The quantitative estimate of drug-likeness (QED) is 0.799. The fraction of sp³-hybridized carbons (Fsp3) is 0.533. The number of hydrogen-bond acceptors (Lipinski definition) is 2. The lowest BCUT2D eigenvalue weighted by Gasteiger charge is -2.15. The summed E-state index contributed by atoms with van der Waals surface area (Å²) in [6.45, 7) is 2.80. The van der Waals surface area contributed by atoms with Gasteiger partial charge >= 0.3 is 0 Å². The Labute approximate surface area is 108 Å². The molecular formula is C15H20N2O. The predicted molar refractivity (Wildman–Crippen MR) is 72.3 cm³/mol. The third kappa shape index (κ3) is 2.09. The number of nitrogens with two attached hydrogens (primary N) is 1. The average molecular weight is 244 g/mol. The molecule has 2 aliphatic carbocycles. The highest BCUT2D eigenvalue weighted by Gasteiger charge is 2.53. The maximum Gasteiger partial charge on any atom is 0.253 e. The van der Waals surface area contributed by atoms with E-state index >= 15 is 0 Å². The minimum Gasteiger partial charge on any atom is -0.398 e. The van der Waals surface area contributed by atoms with Gasteiger partial charge in [0.15, 0.2) is 0 Å². The summed E-state index contributed by atoms with van der Waals surface area (Å²) in [6, 6.07) is 5.60. The second kappa shape index (κ2) is 4.01. The van der Waals surface area contributed by atoms with Crippen molar-refractivity contribution in [1.82, 2.24) is 5.32 Å². The Kier molecular flexibility index (Phi) is 2.58. The second-order valence-electron chi connectivity index (χ2n) is 5.91. The molecule has 96 valence electrons. The zero-order chi connectivity index (χ0) is 12.8. The third-order valence-corrected chi connectivity index (χ3v) is 4.39. The molecule has 0 saturated heterocycles. The topological polar surface area (TPSA) is 55.1 Å². The second-order valence-corrected chi connectivity index (χ2v) is 5.91. The number of aryl methyl sites for hydroxylation is 1. The lowest BCUT2D eigenvalue weighted by atomic mass is 10.0. The minimum atomic E-state index is -0.0283. The van der Waals surface area contributed by atoms with E-state index in [1.165, 1.54) is 25.7 Å². The van der Waals surface area contributed by atoms with Crippen LogP contribution in [0.2, 0.25) is 0 Å². The third-order valence-electron chi connectivity index (χ3n) is 4.39. The molecule has 0 spiro atoms. The van der Waals surface area contributed by atoms with Gasteiger partial charge in [-0.15, -0.1) is 0 Å². The van der Waals surface area contributed by atoms with Crippen molar-refractivity contribution in [3.8, 4) is 0 Å². The van der Waals surface area contributed by atoms with Crippen molar-refractivity contribution in [2.45, 2.75) is 32.6 Å². The van der Waals surface area contributed by atoms with Crippen LogP contribution in [0, 0.1) is 18.3 Å². The molecule has 0 aliphatic heterocycles. The largest absolute Gasteiger partial charge is 0.398 e. The summed E-state index contributed by atoms with van der Waals surface area (Å²) in [5.41, 5.74) is 8.59. The Hall–Kier alpha value is -1.51. The van der Waals surface area contributed by atoms with Gasteiger partial charge in [0.25, 0.3) is 5.91 Å². The van der Waals surface area contributed by atoms with Crippen LogP contribution in [0.4, 0.5) is 5.69 Å². The monoisotopic (exact) mass is 244 g/mol. The van der Waals surface area contributed by atoms with Gasteiger partial charge in [-0.1, -0.05) is 6.07 Å². The van der Waals surface area contributed by atoms with E-state index in [-0.39, 0.29) is 5.91 Å². The van der Waals surface area contributed by atoms with Crippen LogP contribution in [-0.4, -0.2) is 12.5 Å². The molecule has 3 N–H and O–H groups in total. The van der Waals surface area contributed by atoms with Crippen LogP contribution < -0.4 is 11.1 Å². The average Bonchev–Trinajstić information content (AvgIpc) is 3.17. The maximum atomic E-state index is 12.1. The Morgan fingerprint density at radius 1 is 1.44 bits per heavy atom. The number of carbonyl (C=O) groups is 1. The van der Waals surface area contributed by atoms with E-state index in [1.54, 1.807) is 0 Å². The molecule has 0 aromatic heterocycles. The van der Waals surface area contributed by atoms with Crippen molar-refractivity contribution < 1.29 is 4.79 Å². The molecule has 0 unspecified atom stereocenters. The van der Waals surface area contributed by atoms with Gasteiger partial charge in [-0.3, -0.25) is 4.79 Å². The van der Waals surface area contributed by atoms with Gasteiger partial charge < -0.3 is 11.1 Å². The summed E-state index contributed by atoms with van der Waals surface area (Å²) >= 11 is 0. The van der Waals surface area contributed by atoms with E-state index in [9.17, 15) is 4.79 Å². The molecule has 2 fully saturated rings. The van der Waals surface area contributed by atoms with Crippen molar-refractivity contribution in [2.75, 3.05) is 12.3 Å². The molecule has 1 aromatic rings. The summed E-state index contributed by atoms with van der Waals surface area (Å²) < 4.78 is 0. The molecule has 1 aromatic carbocycles. The lowest BCUT2D eigenvalue weighted by molar-refractivity contribution is 0.0943. The number of nitrogen functional groups attached to an aromatic ring is 1. The minimum absolute atomic E-state index is 0.0283. The molecule has 3 nitrogen and oxygen atoms in total. The molecule has 0 bridgehead atoms. The van der Waals surface area contributed by atoms with Gasteiger partial charge in [-0.2, -0.15) is 0 Å². The molecule has 3 heteroatoms. The molecule has 18 heavy (non-hydrogen) atoms. The number of nitrogens with one attached hydrogen (secondary N) is 1. The maximum absolute atomic E-state index is 12.1. The first kappa shape index (κ1) is 11.6. The van der Waals surface area contributed by atoms with Gasteiger partial charge in [-0.25, -0.2) is 0 Å². The van der Waals surface area contributed by atoms with E-state index in [2.05, 4.69) is 5.32 Å². The Morgan fingerprint density at radius 2 is 2.17 bits per heavy atom. The standard InChI is InChI=1S/C15H20N2O/c1-10-2-5-12(13(16)8-10)14(18)17-9-15(6-7-15)11-3-4-11/h2,5,8,11H,3-4,6-7,9,16H2,1H3,(H,17,18). The Morgan fingerprint density at radius 3 is 2.72 bits per heavy atom. The van der Waals surface area contributed by atoms with E-state index in [0.717, 1.165) is 18.0 Å². The van der Waals surface area contributed by atoms with Crippen molar-refractivity contribution >= 4 is 11.6 Å². The summed E-state index contributed by atoms with van der Waals surface area (Å²) in [6.07, 6.45) is 5.26. The van der Waals surface area contributed by atoms with E-state index in [1.807, 2.05) is 25.1 Å². The van der Waals surface area contributed by atoms with Gasteiger partial charge in [0.1, 0.15) is 0 Å². The highest BCUT2D eigenvalue weighted by Crippen LogP contribution is 2.60. The summed E-state index contributed by atoms with van der Waals surface area (Å²) in [5, 5.41) is 3.06. The SMILES string of the molecule is Cc1ccc(C(=O)NCC2(C3CC3)CC2)c(N)c1. The first-order valence-corrected chi connectivity index (χ1v) is 6.75. The molecule has 3 rings (SSSR count). The predicted octanol–water partition coefficient (Wildman–Crippen LogP) is 2.50. The fourth-order valence-corrected chi connectivity index (χ4v) is 2.83. The lowest BCUT2D eigenvalue weighted by Crippen LogP contribution is -2.31. The highest BCUT2D eigenvalue weighted by molar-refractivity contribution is 5.99. The number of amides is 1. The van der Waals surface area contributed by atoms with Crippen LogP contribution >= 0.6 is 0 Å². The number of benzene rings is 1. The zero-order valence-electron chi connectivity index (χ0n) is 10.8. The highest BCUT2D eigenvalue weighted by atomic mass is 16.1.